The molecular formula is C12H15Br2OP. The van der Waals surface area contributed by atoms with Crippen molar-refractivity contribution in [3.63, 3.8) is 0 Å². The Balaban J connectivity index is 2.73. The van der Waals surface area contributed by atoms with E-state index < -0.39 is 0 Å². The van der Waals surface area contributed by atoms with Crippen LogP contribution >= 0.6 is 41.3 Å². The minimum absolute atomic E-state index is 0.0610. The summed E-state index contributed by atoms with van der Waals surface area (Å²) >= 11 is 6.69. The first-order chi connectivity index (χ1) is 7.65. The van der Waals surface area contributed by atoms with E-state index in [-0.39, 0.29) is 6.10 Å². The number of aryl methyl sites for hydroxylation is 1. The summed E-state index contributed by atoms with van der Waals surface area (Å²) in [5.41, 5.74) is 2.66. The molecular weight excluding hydrogens is 351 g/mol. The van der Waals surface area contributed by atoms with E-state index in [9.17, 15) is 0 Å². The molecule has 88 valence electrons. The number of halogens is 2. The Kier molecular flexibility index (Phi) is 6.83. The number of hydrogen-bond acceptors (Lipinski definition) is 1. The van der Waals surface area contributed by atoms with Crippen molar-refractivity contribution in [1.29, 1.82) is 0 Å². The largest absolute Gasteiger partial charge is 0.358 e. The summed E-state index contributed by atoms with van der Waals surface area (Å²) < 4.78 is 6.23. The van der Waals surface area contributed by atoms with E-state index in [1.807, 2.05) is 6.08 Å². The van der Waals surface area contributed by atoms with E-state index in [1.54, 1.807) is 0 Å². The number of rotatable bonds is 5. The molecule has 0 aliphatic carbocycles. The third-order valence-electron chi connectivity index (χ3n) is 2.32. The molecule has 1 nitrogen and oxygen atoms in total. The molecule has 16 heavy (non-hydrogen) atoms. The Labute approximate surface area is 116 Å². The molecule has 2 atom stereocenters. The first-order valence-electron chi connectivity index (χ1n) is 5.12. The third kappa shape index (κ3) is 5.09. The van der Waals surface area contributed by atoms with E-state index in [1.165, 1.54) is 11.1 Å². The molecule has 0 aromatic heterocycles. The van der Waals surface area contributed by atoms with Gasteiger partial charge in [-0.1, -0.05) is 31.2 Å². The van der Waals surface area contributed by atoms with E-state index in [0.29, 0.717) is 0 Å². The van der Waals surface area contributed by atoms with Gasteiger partial charge in [0.25, 0.3) is 0 Å². The summed E-state index contributed by atoms with van der Waals surface area (Å²) in [5, 5.41) is 0. The van der Waals surface area contributed by atoms with Crippen LogP contribution < -0.4 is 0 Å². The monoisotopic (exact) mass is 364 g/mol. The molecule has 1 rings (SSSR count). The molecule has 0 aliphatic heterocycles. The van der Waals surface area contributed by atoms with E-state index in [0.717, 1.165) is 16.2 Å². The molecule has 1 unspecified atom stereocenters. The predicted molar refractivity (Wildman–Crippen MR) is 80.0 cm³/mol. The van der Waals surface area contributed by atoms with Crippen LogP contribution in [0.1, 0.15) is 18.1 Å². The third-order valence-corrected chi connectivity index (χ3v) is 3.20. The van der Waals surface area contributed by atoms with Gasteiger partial charge in [-0.3, -0.25) is 0 Å². The maximum Gasteiger partial charge on any atom is 0.0850 e. The smallest absolute Gasteiger partial charge is 0.0850 e. The van der Waals surface area contributed by atoms with Crippen molar-refractivity contribution in [3.8, 4) is 0 Å². The van der Waals surface area contributed by atoms with E-state index in [4.69, 9.17) is 4.52 Å². The first kappa shape index (κ1) is 14.4. The van der Waals surface area contributed by atoms with Crippen molar-refractivity contribution in [2.75, 3.05) is 0 Å². The van der Waals surface area contributed by atoms with Crippen molar-refractivity contribution in [2.45, 2.75) is 25.9 Å². The van der Waals surface area contributed by atoms with Gasteiger partial charge in [0.15, 0.2) is 0 Å². The summed E-state index contributed by atoms with van der Waals surface area (Å²) in [4.78, 5) is 0. The molecule has 0 saturated carbocycles. The molecule has 0 aliphatic rings. The van der Waals surface area contributed by atoms with Gasteiger partial charge < -0.3 is 4.52 Å². The van der Waals surface area contributed by atoms with Crippen LogP contribution in [0.25, 0.3) is 0 Å². The summed E-state index contributed by atoms with van der Waals surface area (Å²) in [6, 6.07) is 8.61. The average molecular weight is 366 g/mol. The van der Waals surface area contributed by atoms with Gasteiger partial charge in [0, 0.05) is 15.9 Å². The van der Waals surface area contributed by atoms with E-state index in [2.05, 4.69) is 72.5 Å². The fraction of sp³-hybridized carbons (Fsp3) is 0.333. The van der Waals surface area contributed by atoms with Gasteiger partial charge in [-0.2, -0.15) is 0 Å². The zero-order chi connectivity index (χ0) is 12.0. The zero-order valence-electron chi connectivity index (χ0n) is 9.12. The quantitative estimate of drug-likeness (QED) is 0.693. The summed E-state index contributed by atoms with van der Waals surface area (Å²) in [6.45, 7) is 2.16. The highest BCUT2D eigenvalue weighted by Crippen LogP contribution is 2.19. The molecule has 4 heteroatoms. The van der Waals surface area contributed by atoms with Crippen LogP contribution in [-0.4, -0.2) is 6.10 Å². The standard InChI is InChI=1S/C12H15Br2OP/c1-2-9-4-3-5-10(6-9)7-11(15-16)8-12(13)14/h3-6,8,11H,2,7,16H2,1H3/t11-/m0/s1. The summed E-state index contributed by atoms with van der Waals surface area (Å²) in [5.74, 6) is 0. The van der Waals surface area contributed by atoms with Crippen LogP contribution in [0.3, 0.4) is 0 Å². The van der Waals surface area contributed by atoms with Crippen LogP contribution in [0, 0.1) is 0 Å². The van der Waals surface area contributed by atoms with E-state index >= 15 is 0 Å². The van der Waals surface area contributed by atoms with Gasteiger partial charge in [0.2, 0.25) is 0 Å². The van der Waals surface area contributed by atoms with Gasteiger partial charge in [0.1, 0.15) is 0 Å². The van der Waals surface area contributed by atoms with Crippen molar-refractivity contribution >= 4 is 41.3 Å². The molecule has 0 radical (unpaired) electrons. The zero-order valence-corrected chi connectivity index (χ0v) is 13.4. The lowest BCUT2D eigenvalue weighted by Gasteiger charge is -2.11. The molecule has 1 aromatic carbocycles. The van der Waals surface area contributed by atoms with Crippen LogP contribution in [0.15, 0.2) is 33.7 Å². The fourth-order valence-corrected chi connectivity index (χ4v) is 2.26. The Morgan fingerprint density at radius 2 is 2.12 bits per heavy atom. The molecule has 0 fully saturated rings. The van der Waals surface area contributed by atoms with Crippen molar-refractivity contribution in [3.05, 3.63) is 44.9 Å². The highest BCUT2D eigenvalue weighted by Gasteiger charge is 2.06. The highest BCUT2D eigenvalue weighted by molar-refractivity contribution is 9.28. The second-order valence-corrected chi connectivity index (χ2v) is 6.55. The molecule has 0 bridgehead atoms. The lowest BCUT2D eigenvalue weighted by Crippen LogP contribution is -2.08. The molecule has 0 heterocycles. The number of hydrogen-bond donors (Lipinski definition) is 0. The average Bonchev–Trinajstić information content (AvgIpc) is 2.28. The van der Waals surface area contributed by atoms with Gasteiger partial charge in [-0.15, -0.1) is 0 Å². The van der Waals surface area contributed by atoms with Crippen LogP contribution in [-0.2, 0) is 17.4 Å². The minimum Gasteiger partial charge on any atom is -0.358 e. The molecule has 0 spiro atoms. The van der Waals surface area contributed by atoms with Gasteiger partial charge >= 0.3 is 0 Å². The molecule has 0 amide bonds. The maximum absolute atomic E-state index is 5.32. The fourth-order valence-electron chi connectivity index (χ4n) is 1.50. The molecule has 0 saturated heterocycles. The van der Waals surface area contributed by atoms with Crippen molar-refractivity contribution in [1.82, 2.24) is 0 Å². The van der Waals surface area contributed by atoms with Gasteiger partial charge in [0.05, 0.1) is 9.50 Å². The maximum atomic E-state index is 5.32. The van der Waals surface area contributed by atoms with Crippen LogP contribution in [0.5, 0.6) is 0 Å². The normalized spacial score (nSPS) is 12.2. The van der Waals surface area contributed by atoms with Crippen molar-refractivity contribution in [2.24, 2.45) is 0 Å². The second kappa shape index (κ2) is 7.60. The molecule has 1 aromatic rings. The highest BCUT2D eigenvalue weighted by atomic mass is 79.9. The Bertz CT molecular complexity index is 362. The Morgan fingerprint density at radius 3 is 2.69 bits per heavy atom. The van der Waals surface area contributed by atoms with Crippen LogP contribution in [0.4, 0.5) is 0 Å². The minimum atomic E-state index is 0.0610. The second-order valence-electron chi connectivity index (χ2n) is 3.51. The Morgan fingerprint density at radius 1 is 1.44 bits per heavy atom. The SMILES string of the molecule is CCc1cccc(C[C@@H](C=C(Br)Br)OP)c1. The van der Waals surface area contributed by atoms with Gasteiger partial charge in [-0.05, 0) is 55.5 Å². The summed E-state index contributed by atoms with van der Waals surface area (Å²) in [6.07, 6.45) is 3.99. The number of benzene rings is 1. The Hall–Kier alpha value is 0.310. The van der Waals surface area contributed by atoms with Gasteiger partial charge in [-0.25, -0.2) is 0 Å². The first-order valence-corrected chi connectivity index (χ1v) is 7.17. The molecule has 0 N–H and O–H groups in total. The topological polar surface area (TPSA) is 9.23 Å². The van der Waals surface area contributed by atoms with Crippen molar-refractivity contribution < 1.29 is 4.52 Å². The summed E-state index contributed by atoms with van der Waals surface area (Å²) in [7, 11) is 2.32. The predicted octanol–water partition coefficient (Wildman–Crippen LogP) is 4.60. The lowest BCUT2D eigenvalue weighted by molar-refractivity contribution is 0.295. The lowest BCUT2D eigenvalue weighted by atomic mass is 10.0. The van der Waals surface area contributed by atoms with Crippen LogP contribution in [0.2, 0.25) is 0 Å².